The van der Waals surface area contributed by atoms with Crippen molar-refractivity contribution in [1.82, 2.24) is 20.5 Å². The molecule has 1 aromatic heterocycles. The fourth-order valence-electron chi connectivity index (χ4n) is 5.74. The van der Waals surface area contributed by atoms with Crippen molar-refractivity contribution in [3.05, 3.63) is 52.9 Å². The summed E-state index contributed by atoms with van der Waals surface area (Å²) in [5.41, 5.74) is 2.09. The van der Waals surface area contributed by atoms with Gasteiger partial charge in [-0.15, -0.1) is 11.3 Å². The summed E-state index contributed by atoms with van der Waals surface area (Å²) in [6, 6.07) is 13.9. The van der Waals surface area contributed by atoms with Crippen LogP contribution in [0.2, 0.25) is 0 Å². The summed E-state index contributed by atoms with van der Waals surface area (Å²) in [6.07, 6.45) is 7.30. The number of carbonyl (C=O) groups is 2. The lowest BCUT2D eigenvalue weighted by atomic mass is 9.83. The van der Waals surface area contributed by atoms with Gasteiger partial charge in [-0.3, -0.25) is 9.59 Å². The lowest BCUT2D eigenvalue weighted by Crippen LogP contribution is -2.55. The molecule has 1 aliphatic carbocycles. The molecule has 2 fully saturated rings. The van der Waals surface area contributed by atoms with Crippen LogP contribution in [-0.2, 0) is 9.59 Å². The first-order valence-electron chi connectivity index (χ1n) is 13.3. The maximum atomic E-state index is 14.0. The number of nitrogens with one attached hydrogen (secondary N) is 2. The molecule has 3 aromatic rings. The van der Waals surface area contributed by atoms with Crippen molar-refractivity contribution in [1.29, 1.82) is 0 Å². The van der Waals surface area contributed by atoms with E-state index in [1.54, 1.807) is 18.4 Å². The molecule has 0 unspecified atom stereocenters. The van der Waals surface area contributed by atoms with Crippen LogP contribution in [0, 0.1) is 5.92 Å². The Bertz CT molecular complexity index is 1210. The first-order valence-corrected chi connectivity index (χ1v) is 14.2. The summed E-state index contributed by atoms with van der Waals surface area (Å²) in [4.78, 5) is 33.8. The first-order chi connectivity index (χ1) is 17.6. The second kappa shape index (κ2) is 11.1. The summed E-state index contributed by atoms with van der Waals surface area (Å²) in [5, 5.41) is 11.6. The molecule has 2 heterocycles. The third-order valence-corrected chi connectivity index (χ3v) is 8.87. The zero-order valence-corrected chi connectivity index (χ0v) is 22.0. The van der Waals surface area contributed by atoms with Crippen LogP contribution in [0.1, 0.15) is 62.9 Å². The van der Waals surface area contributed by atoms with Gasteiger partial charge in [-0.25, -0.2) is 4.98 Å². The molecule has 2 aliphatic rings. The minimum atomic E-state index is -0.466. The van der Waals surface area contributed by atoms with Crippen LogP contribution in [-0.4, -0.2) is 47.4 Å². The molecule has 2 N–H and O–H groups in total. The summed E-state index contributed by atoms with van der Waals surface area (Å²) < 4.78 is 0. The number of likely N-dealkylation sites (tertiary alicyclic amines) is 1. The molecule has 0 spiro atoms. The van der Waals surface area contributed by atoms with Gasteiger partial charge in [0.25, 0.3) is 0 Å². The molecule has 2 aromatic carbocycles. The molecular formula is C29H36N4O2S. The molecule has 2 amide bonds. The predicted molar refractivity (Wildman–Crippen MR) is 146 cm³/mol. The van der Waals surface area contributed by atoms with E-state index in [4.69, 9.17) is 4.98 Å². The standard InChI is InChI=1S/C29H36N4O2S/c1-19(30-2)27(34)32-26(21-11-4-3-5-12-21)29(35)33-17-9-16-25(33)28-31-24(18-36-28)23-15-8-13-20-10-6-7-14-22(20)23/h6-8,10,13-15,18-19,21,25-26,30H,3-5,9,11-12,16-17H2,1-2H3,(H,32,34)/t19-,25+,26+/m0/s1. The normalized spacial score (nSPS) is 20.4. The van der Waals surface area contributed by atoms with E-state index in [2.05, 4.69) is 58.5 Å². The van der Waals surface area contributed by atoms with E-state index in [0.29, 0.717) is 6.54 Å². The Morgan fingerprint density at radius 2 is 1.81 bits per heavy atom. The van der Waals surface area contributed by atoms with Gasteiger partial charge < -0.3 is 15.5 Å². The number of aromatic nitrogens is 1. The molecule has 1 saturated heterocycles. The molecular weight excluding hydrogens is 468 g/mol. The van der Waals surface area contributed by atoms with Crippen molar-refractivity contribution in [2.45, 2.75) is 70.0 Å². The number of fused-ring (bicyclic) bond motifs is 1. The number of hydrogen-bond acceptors (Lipinski definition) is 5. The van der Waals surface area contributed by atoms with Crippen LogP contribution in [0.3, 0.4) is 0 Å². The maximum absolute atomic E-state index is 14.0. The van der Waals surface area contributed by atoms with Gasteiger partial charge in [0.1, 0.15) is 11.0 Å². The van der Waals surface area contributed by atoms with Crippen molar-refractivity contribution < 1.29 is 9.59 Å². The summed E-state index contributed by atoms with van der Waals surface area (Å²) >= 11 is 1.64. The minimum absolute atomic E-state index is 0.0315. The number of benzene rings is 2. The third-order valence-electron chi connectivity index (χ3n) is 7.92. The number of rotatable bonds is 7. The Labute approximate surface area is 217 Å². The molecule has 6 nitrogen and oxygen atoms in total. The van der Waals surface area contributed by atoms with Gasteiger partial charge in [-0.2, -0.15) is 0 Å². The van der Waals surface area contributed by atoms with Crippen molar-refractivity contribution in [2.24, 2.45) is 5.92 Å². The molecule has 1 aliphatic heterocycles. The molecule has 1 saturated carbocycles. The lowest BCUT2D eigenvalue weighted by Gasteiger charge is -2.35. The second-order valence-corrected chi connectivity index (χ2v) is 11.1. The van der Waals surface area contributed by atoms with Crippen molar-refractivity contribution in [2.75, 3.05) is 13.6 Å². The minimum Gasteiger partial charge on any atom is -0.343 e. The summed E-state index contributed by atoms with van der Waals surface area (Å²) in [6.45, 7) is 2.55. The van der Waals surface area contributed by atoms with E-state index in [9.17, 15) is 9.59 Å². The monoisotopic (exact) mass is 504 g/mol. The van der Waals surface area contributed by atoms with Crippen LogP contribution in [0.5, 0.6) is 0 Å². The molecule has 0 radical (unpaired) electrons. The smallest absolute Gasteiger partial charge is 0.246 e. The zero-order valence-electron chi connectivity index (χ0n) is 21.2. The maximum Gasteiger partial charge on any atom is 0.246 e. The Kier molecular flexibility index (Phi) is 7.67. The fraction of sp³-hybridized carbons (Fsp3) is 0.483. The SMILES string of the molecule is CN[C@@H](C)C(=O)N[C@@H](C(=O)N1CCC[C@@H]1c1nc(-c2cccc3ccccc23)cs1)C1CCCCC1. The summed E-state index contributed by atoms with van der Waals surface area (Å²) in [7, 11) is 1.77. The van der Waals surface area contributed by atoms with E-state index >= 15 is 0 Å². The molecule has 36 heavy (non-hydrogen) atoms. The van der Waals surface area contributed by atoms with Gasteiger partial charge >= 0.3 is 0 Å². The first kappa shape index (κ1) is 24.9. The molecule has 0 bridgehead atoms. The van der Waals surface area contributed by atoms with Crippen LogP contribution < -0.4 is 10.6 Å². The number of hydrogen-bond donors (Lipinski definition) is 2. The molecule has 190 valence electrons. The highest BCUT2D eigenvalue weighted by Gasteiger charge is 2.40. The highest BCUT2D eigenvalue weighted by atomic mass is 32.1. The Morgan fingerprint density at radius 3 is 2.61 bits per heavy atom. The van der Waals surface area contributed by atoms with Gasteiger partial charge in [-0.05, 0) is 56.3 Å². The lowest BCUT2D eigenvalue weighted by molar-refractivity contribution is -0.139. The number of thiazole rings is 1. The Morgan fingerprint density at radius 1 is 1.03 bits per heavy atom. The Balaban J connectivity index is 1.40. The molecule has 3 atom stereocenters. The van der Waals surface area contributed by atoms with Gasteiger partial charge in [0, 0.05) is 17.5 Å². The van der Waals surface area contributed by atoms with Crippen LogP contribution in [0.4, 0.5) is 0 Å². The van der Waals surface area contributed by atoms with E-state index in [0.717, 1.165) is 54.8 Å². The molecule has 7 heteroatoms. The van der Waals surface area contributed by atoms with E-state index in [-0.39, 0.29) is 29.8 Å². The zero-order chi connectivity index (χ0) is 25.1. The van der Waals surface area contributed by atoms with Gasteiger partial charge in [0.15, 0.2) is 0 Å². The van der Waals surface area contributed by atoms with Crippen LogP contribution in [0.15, 0.2) is 47.8 Å². The van der Waals surface area contributed by atoms with Crippen LogP contribution in [0.25, 0.3) is 22.0 Å². The van der Waals surface area contributed by atoms with Crippen molar-refractivity contribution in [3.63, 3.8) is 0 Å². The molecule has 5 rings (SSSR count). The van der Waals surface area contributed by atoms with Crippen molar-refractivity contribution in [3.8, 4) is 11.3 Å². The van der Waals surface area contributed by atoms with E-state index in [1.165, 1.54) is 17.2 Å². The Hall–Kier alpha value is -2.77. The average molecular weight is 505 g/mol. The van der Waals surface area contributed by atoms with E-state index in [1.807, 2.05) is 11.8 Å². The van der Waals surface area contributed by atoms with Crippen LogP contribution >= 0.6 is 11.3 Å². The highest BCUT2D eigenvalue weighted by Crippen LogP contribution is 2.38. The third kappa shape index (κ3) is 5.04. The highest BCUT2D eigenvalue weighted by molar-refractivity contribution is 7.10. The van der Waals surface area contributed by atoms with Gasteiger partial charge in [0.2, 0.25) is 11.8 Å². The van der Waals surface area contributed by atoms with E-state index < -0.39 is 6.04 Å². The largest absolute Gasteiger partial charge is 0.343 e. The number of likely N-dealkylation sites (N-methyl/N-ethyl adjacent to an activating group) is 1. The average Bonchev–Trinajstić information content (AvgIpc) is 3.61. The predicted octanol–water partition coefficient (Wildman–Crippen LogP) is 5.30. The number of carbonyl (C=O) groups excluding carboxylic acids is 2. The topological polar surface area (TPSA) is 74.3 Å². The van der Waals surface area contributed by atoms with Gasteiger partial charge in [0.05, 0.1) is 17.8 Å². The fourth-order valence-corrected chi connectivity index (χ4v) is 6.70. The van der Waals surface area contributed by atoms with Crippen molar-refractivity contribution >= 4 is 33.9 Å². The quantitative estimate of drug-likeness (QED) is 0.458. The van der Waals surface area contributed by atoms with Gasteiger partial charge in [-0.1, -0.05) is 61.7 Å². The summed E-state index contributed by atoms with van der Waals surface area (Å²) in [5.74, 6) is 0.149. The number of nitrogens with zero attached hydrogens (tertiary/aromatic N) is 2. The second-order valence-electron chi connectivity index (χ2n) is 10.2. The number of amides is 2.